The lowest BCUT2D eigenvalue weighted by Gasteiger charge is -2.27. The van der Waals surface area contributed by atoms with Crippen molar-refractivity contribution in [1.82, 2.24) is 5.32 Å². The fourth-order valence-electron chi connectivity index (χ4n) is 2.47. The number of carbonyl (C=O) groups excluding carboxylic acids is 1. The van der Waals surface area contributed by atoms with Crippen LogP contribution >= 0.6 is 11.8 Å². The molecular weight excluding hydrogens is 232 g/mol. The second-order valence-corrected chi connectivity index (χ2v) is 6.81. The monoisotopic (exact) mass is 256 g/mol. The van der Waals surface area contributed by atoms with Crippen LogP contribution in [0, 0.1) is 5.92 Å². The Hall–Kier alpha value is -0.220. The van der Waals surface area contributed by atoms with Crippen LogP contribution in [0.3, 0.4) is 0 Å². The molecule has 4 heteroatoms. The Bertz CT molecular complexity index is 275. The van der Waals surface area contributed by atoms with Gasteiger partial charge in [-0.25, -0.2) is 0 Å². The third-order valence-electron chi connectivity index (χ3n) is 3.86. The van der Waals surface area contributed by atoms with Gasteiger partial charge in [-0.1, -0.05) is 12.8 Å². The minimum absolute atomic E-state index is 0.205. The summed E-state index contributed by atoms with van der Waals surface area (Å²) in [6.07, 6.45) is 7.90. The maximum absolute atomic E-state index is 11.6. The van der Waals surface area contributed by atoms with Gasteiger partial charge >= 0.3 is 0 Å². The number of rotatable bonds is 7. The topological polar surface area (TPSA) is 55.1 Å². The summed E-state index contributed by atoms with van der Waals surface area (Å²) >= 11 is 1.89. The summed E-state index contributed by atoms with van der Waals surface area (Å²) in [5, 5.41) is 3.40. The van der Waals surface area contributed by atoms with Gasteiger partial charge in [-0.05, 0) is 44.3 Å². The minimum atomic E-state index is -0.509. The number of amides is 1. The molecule has 2 saturated carbocycles. The van der Waals surface area contributed by atoms with Gasteiger partial charge in [0.05, 0.1) is 0 Å². The van der Waals surface area contributed by atoms with E-state index in [2.05, 4.69) is 5.32 Å². The Kier molecular flexibility index (Phi) is 4.36. The molecule has 98 valence electrons. The van der Waals surface area contributed by atoms with Gasteiger partial charge in [-0.3, -0.25) is 4.79 Å². The first-order valence-electron chi connectivity index (χ1n) is 6.75. The largest absolute Gasteiger partial charge is 0.368 e. The smallest absolute Gasteiger partial charge is 0.238 e. The van der Waals surface area contributed by atoms with Crippen molar-refractivity contribution in [2.45, 2.75) is 57.0 Å². The molecule has 17 heavy (non-hydrogen) atoms. The molecule has 0 aromatic rings. The van der Waals surface area contributed by atoms with E-state index >= 15 is 0 Å². The number of nitrogens with one attached hydrogen (secondary N) is 1. The van der Waals surface area contributed by atoms with Crippen LogP contribution in [0.5, 0.6) is 0 Å². The van der Waals surface area contributed by atoms with Gasteiger partial charge in [0.1, 0.15) is 5.54 Å². The molecule has 0 aromatic heterocycles. The van der Waals surface area contributed by atoms with Crippen LogP contribution < -0.4 is 11.1 Å². The quantitative estimate of drug-likeness (QED) is 0.731. The molecule has 2 rings (SSSR count). The van der Waals surface area contributed by atoms with E-state index in [1.807, 2.05) is 18.7 Å². The molecule has 0 heterocycles. The van der Waals surface area contributed by atoms with Crippen LogP contribution in [0.15, 0.2) is 0 Å². The highest BCUT2D eigenvalue weighted by Gasteiger charge is 2.37. The number of nitrogens with two attached hydrogens (primary N) is 1. The van der Waals surface area contributed by atoms with Crippen LogP contribution in [-0.2, 0) is 4.79 Å². The van der Waals surface area contributed by atoms with Gasteiger partial charge in [0.15, 0.2) is 0 Å². The van der Waals surface area contributed by atoms with Crippen molar-refractivity contribution in [2.75, 3.05) is 11.5 Å². The highest BCUT2D eigenvalue weighted by Crippen LogP contribution is 2.30. The van der Waals surface area contributed by atoms with Crippen LogP contribution in [0.2, 0.25) is 0 Å². The zero-order valence-electron chi connectivity index (χ0n) is 10.7. The highest BCUT2D eigenvalue weighted by molar-refractivity contribution is 7.99. The summed E-state index contributed by atoms with van der Waals surface area (Å²) in [7, 11) is 0. The van der Waals surface area contributed by atoms with E-state index in [0.29, 0.717) is 6.04 Å². The van der Waals surface area contributed by atoms with Gasteiger partial charge in [-0.15, -0.1) is 0 Å². The fourth-order valence-corrected chi connectivity index (χ4v) is 3.89. The first-order chi connectivity index (χ1) is 8.10. The first-order valence-corrected chi connectivity index (χ1v) is 7.91. The lowest BCUT2D eigenvalue weighted by atomic mass is 10.1. The SMILES string of the molecule is CC(CSCC1CCCC1)(NC1CC1)C(N)=O. The molecule has 0 spiro atoms. The summed E-state index contributed by atoms with van der Waals surface area (Å²) in [6.45, 7) is 1.95. The van der Waals surface area contributed by atoms with Gasteiger partial charge in [0.25, 0.3) is 0 Å². The fraction of sp³-hybridized carbons (Fsp3) is 0.923. The molecule has 3 N–H and O–H groups in total. The molecule has 0 radical (unpaired) electrons. The maximum Gasteiger partial charge on any atom is 0.238 e. The number of hydrogen-bond donors (Lipinski definition) is 2. The van der Waals surface area contributed by atoms with Crippen LogP contribution in [0.4, 0.5) is 0 Å². The van der Waals surface area contributed by atoms with E-state index in [4.69, 9.17) is 5.73 Å². The molecule has 1 amide bonds. The second kappa shape index (κ2) is 5.61. The lowest BCUT2D eigenvalue weighted by Crippen LogP contribution is -2.56. The zero-order valence-corrected chi connectivity index (χ0v) is 11.5. The molecule has 2 fully saturated rings. The van der Waals surface area contributed by atoms with Crippen molar-refractivity contribution in [3.8, 4) is 0 Å². The number of primary amides is 1. The standard InChI is InChI=1S/C13H24N2OS/c1-13(12(14)16,15-11-6-7-11)9-17-8-10-4-2-3-5-10/h10-11,15H,2-9H2,1H3,(H2,14,16). The van der Waals surface area contributed by atoms with E-state index < -0.39 is 5.54 Å². The lowest BCUT2D eigenvalue weighted by molar-refractivity contribution is -0.123. The molecule has 3 nitrogen and oxygen atoms in total. The number of thioether (sulfide) groups is 1. The van der Waals surface area contributed by atoms with E-state index in [-0.39, 0.29) is 5.91 Å². The Morgan fingerprint density at radius 2 is 2.00 bits per heavy atom. The number of carbonyl (C=O) groups is 1. The average Bonchev–Trinajstić information content (AvgIpc) is 2.93. The predicted molar refractivity (Wildman–Crippen MR) is 73.0 cm³/mol. The van der Waals surface area contributed by atoms with E-state index in [9.17, 15) is 4.79 Å². The Balaban J connectivity index is 1.73. The van der Waals surface area contributed by atoms with Crippen molar-refractivity contribution < 1.29 is 4.79 Å². The third-order valence-corrected chi connectivity index (χ3v) is 5.35. The molecule has 0 bridgehead atoms. The predicted octanol–water partition coefficient (Wildman–Crippen LogP) is 1.91. The third kappa shape index (κ3) is 3.88. The molecule has 0 aromatic carbocycles. The molecule has 1 atom stereocenters. The maximum atomic E-state index is 11.6. The molecular formula is C13H24N2OS. The summed E-state index contributed by atoms with van der Waals surface area (Å²) in [5.41, 5.74) is 5.02. The molecule has 2 aliphatic carbocycles. The van der Waals surface area contributed by atoms with Crippen LogP contribution in [0.25, 0.3) is 0 Å². The Morgan fingerprint density at radius 1 is 1.35 bits per heavy atom. The minimum Gasteiger partial charge on any atom is -0.368 e. The van der Waals surface area contributed by atoms with Crippen molar-refractivity contribution in [3.05, 3.63) is 0 Å². The summed E-state index contributed by atoms with van der Waals surface area (Å²) < 4.78 is 0. The Morgan fingerprint density at radius 3 is 2.53 bits per heavy atom. The van der Waals surface area contributed by atoms with Crippen LogP contribution in [-0.4, -0.2) is 29.0 Å². The molecule has 2 aliphatic rings. The van der Waals surface area contributed by atoms with Crippen molar-refractivity contribution >= 4 is 17.7 Å². The average molecular weight is 256 g/mol. The number of hydrogen-bond acceptors (Lipinski definition) is 3. The van der Waals surface area contributed by atoms with Crippen LogP contribution in [0.1, 0.15) is 45.4 Å². The van der Waals surface area contributed by atoms with Crippen molar-refractivity contribution in [1.29, 1.82) is 0 Å². The normalized spacial score (nSPS) is 24.8. The van der Waals surface area contributed by atoms with E-state index in [1.165, 1.54) is 44.3 Å². The molecule has 0 saturated heterocycles. The summed E-state index contributed by atoms with van der Waals surface area (Å²) in [5.74, 6) is 2.67. The van der Waals surface area contributed by atoms with Gasteiger partial charge < -0.3 is 11.1 Å². The van der Waals surface area contributed by atoms with Crippen molar-refractivity contribution in [3.63, 3.8) is 0 Å². The highest BCUT2D eigenvalue weighted by atomic mass is 32.2. The second-order valence-electron chi connectivity index (χ2n) is 5.78. The van der Waals surface area contributed by atoms with Gasteiger partial charge in [0, 0.05) is 11.8 Å². The summed E-state index contributed by atoms with van der Waals surface area (Å²) in [6, 6.07) is 0.527. The Labute approximate surface area is 108 Å². The van der Waals surface area contributed by atoms with Crippen molar-refractivity contribution in [2.24, 2.45) is 11.7 Å². The van der Waals surface area contributed by atoms with E-state index in [0.717, 1.165) is 11.7 Å². The zero-order chi connectivity index (χ0) is 12.3. The summed E-state index contributed by atoms with van der Waals surface area (Å²) in [4.78, 5) is 11.6. The molecule has 1 unspecified atom stereocenters. The van der Waals surface area contributed by atoms with Gasteiger partial charge in [-0.2, -0.15) is 11.8 Å². The molecule has 0 aliphatic heterocycles. The first kappa shape index (κ1) is 13.2. The van der Waals surface area contributed by atoms with E-state index in [1.54, 1.807) is 0 Å². The van der Waals surface area contributed by atoms with Gasteiger partial charge in [0.2, 0.25) is 5.91 Å².